The topological polar surface area (TPSA) is 60.2 Å². The Morgan fingerprint density at radius 2 is 1.92 bits per heavy atom. The van der Waals surface area contributed by atoms with Gasteiger partial charge in [-0.15, -0.1) is 0 Å². The molecule has 1 N–H and O–H groups in total. The van der Waals surface area contributed by atoms with Crippen molar-refractivity contribution in [2.45, 2.75) is 26.0 Å². The molecule has 25 heavy (non-hydrogen) atoms. The number of likely N-dealkylation sites (N-methyl/N-ethyl adjacent to an activating group) is 1. The molecule has 0 saturated carbocycles. The first-order valence-electron chi connectivity index (χ1n) is 8.12. The van der Waals surface area contributed by atoms with E-state index in [-0.39, 0.29) is 11.9 Å². The van der Waals surface area contributed by atoms with Crippen LogP contribution in [0.3, 0.4) is 0 Å². The van der Waals surface area contributed by atoms with Crippen molar-refractivity contribution in [3.05, 3.63) is 65.7 Å². The van der Waals surface area contributed by atoms with Gasteiger partial charge in [0, 0.05) is 12.5 Å². The highest BCUT2D eigenvalue weighted by Gasteiger charge is 2.15. The third-order valence-electron chi connectivity index (χ3n) is 3.87. The quantitative estimate of drug-likeness (QED) is 0.711. The fourth-order valence-corrected chi connectivity index (χ4v) is 2.33. The Morgan fingerprint density at radius 3 is 2.68 bits per heavy atom. The van der Waals surface area contributed by atoms with Crippen molar-refractivity contribution < 1.29 is 13.7 Å². The highest BCUT2D eigenvalue weighted by Crippen LogP contribution is 2.29. The summed E-state index contributed by atoms with van der Waals surface area (Å²) in [5.74, 6) is 1.44. The molecule has 0 fully saturated rings. The van der Waals surface area contributed by atoms with Crippen LogP contribution in [0.2, 0.25) is 0 Å². The van der Waals surface area contributed by atoms with Gasteiger partial charge in [-0.1, -0.05) is 29.4 Å². The SMILES string of the molecule is CNC(C)Cc1noc(-c2ccccc2OCc2ccc(F)cc2)n1. The van der Waals surface area contributed by atoms with E-state index in [4.69, 9.17) is 9.26 Å². The first-order valence-corrected chi connectivity index (χ1v) is 8.12. The number of nitrogens with one attached hydrogen (secondary N) is 1. The average Bonchev–Trinajstić information content (AvgIpc) is 3.09. The Bertz CT molecular complexity index is 818. The number of ether oxygens (including phenoxy) is 1. The minimum absolute atomic E-state index is 0.260. The first-order chi connectivity index (χ1) is 12.2. The highest BCUT2D eigenvalue weighted by molar-refractivity contribution is 5.62. The molecule has 1 atom stereocenters. The van der Waals surface area contributed by atoms with Gasteiger partial charge in [-0.05, 0) is 43.8 Å². The number of hydrogen-bond donors (Lipinski definition) is 1. The van der Waals surface area contributed by atoms with Crippen molar-refractivity contribution in [2.24, 2.45) is 0 Å². The molecule has 0 spiro atoms. The van der Waals surface area contributed by atoms with Gasteiger partial charge in [0.2, 0.25) is 0 Å². The van der Waals surface area contributed by atoms with Crippen LogP contribution in [-0.4, -0.2) is 23.2 Å². The molecule has 0 amide bonds. The van der Waals surface area contributed by atoms with Crippen molar-refractivity contribution in [2.75, 3.05) is 7.05 Å². The van der Waals surface area contributed by atoms with Crippen LogP contribution in [0.15, 0.2) is 53.1 Å². The Balaban J connectivity index is 1.75. The van der Waals surface area contributed by atoms with Crippen molar-refractivity contribution in [1.29, 1.82) is 0 Å². The number of rotatable bonds is 7. The van der Waals surface area contributed by atoms with E-state index in [1.807, 2.05) is 31.3 Å². The Morgan fingerprint density at radius 1 is 1.16 bits per heavy atom. The zero-order valence-electron chi connectivity index (χ0n) is 14.2. The van der Waals surface area contributed by atoms with Crippen molar-refractivity contribution in [3.8, 4) is 17.2 Å². The molecule has 3 aromatic rings. The van der Waals surface area contributed by atoms with Gasteiger partial charge in [-0.2, -0.15) is 4.98 Å². The second-order valence-corrected chi connectivity index (χ2v) is 5.82. The molecule has 1 heterocycles. The number of halogens is 1. The molecule has 5 nitrogen and oxygen atoms in total. The van der Waals surface area contributed by atoms with Crippen LogP contribution >= 0.6 is 0 Å². The molecule has 1 unspecified atom stereocenters. The summed E-state index contributed by atoms with van der Waals surface area (Å²) in [6.45, 7) is 2.38. The summed E-state index contributed by atoms with van der Waals surface area (Å²) in [5, 5.41) is 7.17. The largest absolute Gasteiger partial charge is 0.488 e. The molecule has 0 saturated heterocycles. The number of benzene rings is 2. The van der Waals surface area contributed by atoms with Crippen LogP contribution < -0.4 is 10.1 Å². The standard InChI is InChI=1S/C19H20FN3O2/c1-13(21-2)11-18-22-19(25-23-18)16-5-3-4-6-17(16)24-12-14-7-9-15(20)10-8-14/h3-10,13,21H,11-12H2,1-2H3. The van der Waals surface area contributed by atoms with Crippen molar-refractivity contribution in [3.63, 3.8) is 0 Å². The zero-order valence-corrected chi connectivity index (χ0v) is 14.2. The lowest BCUT2D eigenvalue weighted by atomic mass is 10.2. The maximum Gasteiger partial charge on any atom is 0.261 e. The molecule has 0 aliphatic heterocycles. The van der Waals surface area contributed by atoms with Gasteiger partial charge in [0.05, 0.1) is 5.56 Å². The van der Waals surface area contributed by atoms with Crippen LogP contribution in [0.4, 0.5) is 4.39 Å². The summed E-state index contributed by atoms with van der Waals surface area (Å²) in [5.41, 5.74) is 1.62. The molecule has 130 valence electrons. The molecule has 2 aromatic carbocycles. The highest BCUT2D eigenvalue weighted by atomic mass is 19.1. The Hall–Kier alpha value is -2.73. The summed E-state index contributed by atoms with van der Waals surface area (Å²) in [7, 11) is 1.89. The summed E-state index contributed by atoms with van der Waals surface area (Å²) in [6.07, 6.45) is 0.679. The van der Waals surface area contributed by atoms with E-state index in [1.54, 1.807) is 12.1 Å². The van der Waals surface area contributed by atoms with Gasteiger partial charge >= 0.3 is 0 Å². The molecule has 1 aromatic heterocycles. The summed E-state index contributed by atoms with van der Waals surface area (Å²) >= 11 is 0. The zero-order chi connectivity index (χ0) is 17.6. The van der Waals surface area contributed by atoms with Crippen LogP contribution in [0.1, 0.15) is 18.3 Å². The maximum absolute atomic E-state index is 13.0. The Kier molecular flexibility index (Phi) is 5.40. The summed E-state index contributed by atoms with van der Waals surface area (Å²) in [6, 6.07) is 14.0. The molecule has 0 aliphatic carbocycles. The monoisotopic (exact) mass is 341 g/mol. The smallest absolute Gasteiger partial charge is 0.261 e. The van der Waals surface area contributed by atoms with Gasteiger partial charge < -0.3 is 14.6 Å². The van der Waals surface area contributed by atoms with Crippen LogP contribution in [0.5, 0.6) is 5.75 Å². The van der Waals surface area contributed by atoms with Crippen molar-refractivity contribution >= 4 is 0 Å². The van der Waals surface area contributed by atoms with E-state index < -0.39 is 0 Å². The van der Waals surface area contributed by atoms with Gasteiger partial charge in [0.15, 0.2) is 5.82 Å². The molecular formula is C19H20FN3O2. The normalized spacial score (nSPS) is 12.1. The second-order valence-electron chi connectivity index (χ2n) is 5.82. The van der Waals surface area contributed by atoms with Gasteiger partial charge in [-0.25, -0.2) is 4.39 Å². The van der Waals surface area contributed by atoms with E-state index in [0.717, 1.165) is 11.1 Å². The molecule has 0 bridgehead atoms. The van der Waals surface area contributed by atoms with Gasteiger partial charge in [0.25, 0.3) is 5.89 Å². The van der Waals surface area contributed by atoms with E-state index in [0.29, 0.717) is 30.5 Å². The lowest BCUT2D eigenvalue weighted by molar-refractivity contribution is 0.305. The average molecular weight is 341 g/mol. The van der Waals surface area contributed by atoms with Crippen molar-refractivity contribution in [1.82, 2.24) is 15.5 Å². The summed E-state index contributed by atoms with van der Waals surface area (Å²) in [4.78, 5) is 4.45. The van der Waals surface area contributed by atoms with Gasteiger partial charge in [0.1, 0.15) is 18.2 Å². The lowest BCUT2D eigenvalue weighted by Crippen LogP contribution is -2.24. The molecule has 0 aliphatic rings. The third-order valence-corrected chi connectivity index (χ3v) is 3.87. The molecule has 0 radical (unpaired) electrons. The van der Waals surface area contributed by atoms with E-state index in [9.17, 15) is 4.39 Å². The third kappa shape index (κ3) is 4.42. The predicted molar refractivity (Wildman–Crippen MR) is 92.7 cm³/mol. The second kappa shape index (κ2) is 7.90. The number of aromatic nitrogens is 2. The van der Waals surface area contributed by atoms with Crippen LogP contribution in [0, 0.1) is 5.82 Å². The first kappa shape index (κ1) is 17.1. The fraction of sp³-hybridized carbons (Fsp3) is 0.263. The number of para-hydroxylation sites is 1. The number of hydrogen-bond acceptors (Lipinski definition) is 5. The fourth-order valence-electron chi connectivity index (χ4n) is 2.33. The molecule has 3 rings (SSSR count). The number of nitrogens with zero attached hydrogens (tertiary/aromatic N) is 2. The minimum Gasteiger partial charge on any atom is -0.488 e. The van der Waals surface area contributed by atoms with Gasteiger partial charge in [-0.3, -0.25) is 0 Å². The predicted octanol–water partition coefficient (Wildman–Crippen LogP) is 3.61. The maximum atomic E-state index is 13.0. The van der Waals surface area contributed by atoms with Crippen LogP contribution in [0.25, 0.3) is 11.5 Å². The van der Waals surface area contributed by atoms with E-state index in [1.165, 1.54) is 12.1 Å². The van der Waals surface area contributed by atoms with Crippen LogP contribution in [-0.2, 0) is 13.0 Å². The van der Waals surface area contributed by atoms with E-state index in [2.05, 4.69) is 22.4 Å². The molecule has 6 heteroatoms. The summed E-state index contributed by atoms with van der Waals surface area (Å²) < 4.78 is 24.2. The molecular weight excluding hydrogens is 321 g/mol. The van der Waals surface area contributed by atoms with E-state index >= 15 is 0 Å². The minimum atomic E-state index is -0.265. The Labute approximate surface area is 145 Å². The lowest BCUT2D eigenvalue weighted by Gasteiger charge is -2.09.